The summed E-state index contributed by atoms with van der Waals surface area (Å²) in [5.74, 6) is 0. The van der Waals surface area contributed by atoms with Crippen LogP contribution in [0.15, 0.2) is 29.2 Å². The molecule has 114 valence electrons. The first-order valence-corrected chi connectivity index (χ1v) is 7.95. The van der Waals surface area contributed by atoms with Crippen LogP contribution in [0, 0.1) is 0 Å². The SMILES string of the molecule is CN(C)C(C)(C)CNc1ccc(S(=O)(=O)N(C)C)cc1. The predicted molar refractivity (Wildman–Crippen MR) is 83.6 cm³/mol. The summed E-state index contributed by atoms with van der Waals surface area (Å²) in [7, 11) is 3.78. The lowest BCUT2D eigenvalue weighted by molar-refractivity contribution is 0.210. The van der Waals surface area contributed by atoms with Crippen LogP contribution < -0.4 is 5.32 Å². The first kappa shape index (κ1) is 16.9. The summed E-state index contributed by atoms with van der Waals surface area (Å²) in [6, 6.07) is 6.84. The van der Waals surface area contributed by atoms with E-state index >= 15 is 0 Å². The molecular weight excluding hydrogens is 274 g/mol. The maximum Gasteiger partial charge on any atom is 0.242 e. The fourth-order valence-corrected chi connectivity index (χ4v) is 2.33. The standard InChI is InChI=1S/C14H25N3O2S/c1-14(2,16(3)4)11-15-12-7-9-13(10-8-12)20(18,19)17(5)6/h7-10,15H,11H2,1-6H3. The maximum atomic E-state index is 11.9. The third-order valence-corrected chi connectivity index (χ3v) is 5.40. The Hall–Kier alpha value is -1.11. The van der Waals surface area contributed by atoms with Crippen molar-refractivity contribution in [1.29, 1.82) is 0 Å². The van der Waals surface area contributed by atoms with Crippen molar-refractivity contribution in [2.75, 3.05) is 40.1 Å². The van der Waals surface area contributed by atoms with E-state index in [9.17, 15) is 8.42 Å². The van der Waals surface area contributed by atoms with E-state index in [4.69, 9.17) is 0 Å². The lowest BCUT2D eigenvalue weighted by atomic mass is 10.0. The summed E-state index contributed by atoms with van der Waals surface area (Å²) in [4.78, 5) is 2.45. The van der Waals surface area contributed by atoms with E-state index in [-0.39, 0.29) is 5.54 Å². The van der Waals surface area contributed by atoms with Gasteiger partial charge in [-0.2, -0.15) is 0 Å². The molecule has 0 aliphatic carbocycles. The van der Waals surface area contributed by atoms with Crippen molar-refractivity contribution in [3.8, 4) is 0 Å². The van der Waals surface area contributed by atoms with Crippen molar-refractivity contribution in [2.24, 2.45) is 0 Å². The minimum Gasteiger partial charge on any atom is -0.383 e. The number of hydrogen-bond acceptors (Lipinski definition) is 4. The number of hydrogen-bond donors (Lipinski definition) is 1. The summed E-state index contributed by atoms with van der Waals surface area (Å²) in [5, 5.41) is 3.32. The van der Waals surface area contributed by atoms with Crippen LogP contribution in [0.2, 0.25) is 0 Å². The normalized spacial score (nSPS) is 13.0. The molecule has 0 unspecified atom stereocenters. The topological polar surface area (TPSA) is 52.7 Å². The maximum absolute atomic E-state index is 11.9. The molecule has 1 rings (SSSR count). The molecule has 0 amide bonds. The average molecular weight is 299 g/mol. The molecule has 0 spiro atoms. The van der Waals surface area contributed by atoms with Gasteiger partial charge in [-0.15, -0.1) is 0 Å². The summed E-state index contributed by atoms with van der Waals surface area (Å²) < 4.78 is 25.1. The van der Waals surface area contributed by atoms with Crippen LogP contribution in [0.25, 0.3) is 0 Å². The van der Waals surface area contributed by atoms with Crippen molar-refractivity contribution < 1.29 is 8.42 Å². The number of anilines is 1. The van der Waals surface area contributed by atoms with Crippen molar-refractivity contribution >= 4 is 15.7 Å². The van der Waals surface area contributed by atoms with E-state index in [2.05, 4.69) is 24.1 Å². The Labute approximate surface area is 122 Å². The Morgan fingerprint density at radius 2 is 1.55 bits per heavy atom. The van der Waals surface area contributed by atoms with Crippen LogP contribution >= 0.6 is 0 Å². The fraction of sp³-hybridized carbons (Fsp3) is 0.571. The molecule has 20 heavy (non-hydrogen) atoms. The van der Waals surface area contributed by atoms with Gasteiger partial charge in [0.1, 0.15) is 0 Å². The fourth-order valence-electron chi connectivity index (χ4n) is 1.43. The zero-order valence-corrected chi connectivity index (χ0v) is 14.0. The number of likely N-dealkylation sites (N-methyl/N-ethyl adjacent to an activating group) is 1. The van der Waals surface area contributed by atoms with Crippen LogP contribution in [0.3, 0.4) is 0 Å². The first-order chi connectivity index (χ1) is 9.07. The van der Waals surface area contributed by atoms with Gasteiger partial charge < -0.3 is 10.2 Å². The zero-order valence-electron chi connectivity index (χ0n) is 13.1. The van der Waals surface area contributed by atoms with Crippen LogP contribution in [0.5, 0.6) is 0 Å². The Balaban J connectivity index is 2.79. The molecule has 0 aliphatic heterocycles. The van der Waals surface area contributed by atoms with E-state index in [1.54, 1.807) is 24.3 Å². The second kappa shape index (κ2) is 6.11. The molecule has 6 heteroatoms. The highest BCUT2D eigenvalue weighted by Crippen LogP contribution is 2.18. The Bertz CT molecular complexity index is 534. The quantitative estimate of drug-likeness (QED) is 0.868. The van der Waals surface area contributed by atoms with E-state index in [1.165, 1.54) is 18.4 Å². The van der Waals surface area contributed by atoms with Gasteiger partial charge in [0.25, 0.3) is 0 Å². The van der Waals surface area contributed by atoms with Gasteiger partial charge in [0.05, 0.1) is 4.90 Å². The van der Waals surface area contributed by atoms with Crippen LogP contribution in [0.1, 0.15) is 13.8 Å². The zero-order chi connectivity index (χ0) is 15.6. The molecule has 0 fully saturated rings. The highest BCUT2D eigenvalue weighted by atomic mass is 32.2. The third kappa shape index (κ3) is 3.94. The molecule has 0 heterocycles. The molecule has 0 saturated heterocycles. The van der Waals surface area contributed by atoms with Crippen LogP contribution in [-0.4, -0.2) is 57.9 Å². The predicted octanol–water partition coefficient (Wildman–Crippen LogP) is 1.69. The largest absolute Gasteiger partial charge is 0.383 e. The smallest absolute Gasteiger partial charge is 0.242 e. The molecule has 0 bridgehead atoms. The van der Waals surface area contributed by atoms with Crippen LogP contribution in [0.4, 0.5) is 5.69 Å². The number of benzene rings is 1. The van der Waals surface area contributed by atoms with Crippen molar-refractivity contribution in [3.05, 3.63) is 24.3 Å². The summed E-state index contributed by atoms with van der Waals surface area (Å²) in [6.45, 7) is 5.07. The van der Waals surface area contributed by atoms with Gasteiger partial charge in [0.2, 0.25) is 10.0 Å². The molecule has 1 aromatic rings. The molecule has 0 atom stereocenters. The number of nitrogens with one attached hydrogen (secondary N) is 1. The van der Waals surface area contributed by atoms with Crippen LogP contribution in [-0.2, 0) is 10.0 Å². The van der Waals surface area contributed by atoms with Gasteiger partial charge in [0.15, 0.2) is 0 Å². The van der Waals surface area contributed by atoms with Crippen molar-refractivity contribution in [3.63, 3.8) is 0 Å². The Morgan fingerprint density at radius 3 is 1.95 bits per heavy atom. The minimum absolute atomic E-state index is 0.0222. The van der Waals surface area contributed by atoms with E-state index in [1.807, 2.05) is 14.1 Å². The van der Waals surface area contributed by atoms with Gasteiger partial charge in [-0.1, -0.05) is 0 Å². The second-order valence-corrected chi connectivity index (χ2v) is 8.02. The van der Waals surface area contributed by atoms with Gasteiger partial charge in [-0.05, 0) is 52.2 Å². The Morgan fingerprint density at radius 1 is 1.05 bits per heavy atom. The summed E-state index contributed by atoms with van der Waals surface area (Å²) >= 11 is 0. The monoisotopic (exact) mass is 299 g/mol. The second-order valence-electron chi connectivity index (χ2n) is 5.87. The highest BCUT2D eigenvalue weighted by molar-refractivity contribution is 7.89. The molecule has 1 N–H and O–H groups in total. The minimum atomic E-state index is -3.35. The first-order valence-electron chi connectivity index (χ1n) is 6.51. The van der Waals surface area contributed by atoms with Crippen molar-refractivity contribution in [1.82, 2.24) is 9.21 Å². The van der Waals surface area contributed by atoms with Gasteiger partial charge in [0, 0.05) is 31.9 Å². The van der Waals surface area contributed by atoms with Gasteiger partial charge in [-0.3, -0.25) is 0 Å². The van der Waals surface area contributed by atoms with E-state index in [0.29, 0.717) is 4.90 Å². The number of rotatable bonds is 6. The summed E-state index contributed by atoms with van der Waals surface area (Å²) in [5.41, 5.74) is 0.937. The highest BCUT2D eigenvalue weighted by Gasteiger charge is 2.20. The van der Waals surface area contributed by atoms with Crippen molar-refractivity contribution in [2.45, 2.75) is 24.3 Å². The van der Waals surface area contributed by atoms with Gasteiger partial charge >= 0.3 is 0 Å². The number of nitrogens with zero attached hydrogens (tertiary/aromatic N) is 2. The Kier molecular flexibility index (Phi) is 5.18. The molecule has 1 aromatic carbocycles. The molecule has 0 radical (unpaired) electrons. The van der Waals surface area contributed by atoms with E-state index in [0.717, 1.165) is 12.2 Å². The van der Waals surface area contributed by atoms with Gasteiger partial charge in [-0.25, -0.2) is 12.7 Å². The third-order valence-electron chi connectivity index (χ3n) is 3.57. The molecule has 0 saturated carbocycles. The van der Waals surface area contributed by atoms with E-state index < -0.39 is 10.0 Å². The lowest BCUT2D eigenvalue weighted by Crippen LogP contribution is -2.44. The molecule has 0 aromatic heterocycles. The summed E-state index contributed by atoms with van der Waals surface area (Å²) in [6.07, 6.45) is 0. The molecule has 0 aliphatic rings. The molecular formula is C14H25N3O2S. The number of sulfonamides is 1. The lowest BCUT2D eigenvalue weighted by Gasteiger charge is -2.33. The molecule has 5 nitrogen and oxygen atoms in total. The average Bonchev–Trinajstić information content (AvgIpc) is 2.36.